The summed E-state index contributed by atoms with van der Waals surface area (Å²) in [7, 11) is 0. The molecule has 3 rings (SSSR count). The van der Waals surface area contributed by atoms with Crippen molar-refractivity contribution in [2.45, 2.75) is 58.5 Å². The van der Waals surface area contributed by atoms with Crippen molar-refractivity contribution in [3.8, 4) is 0 Å². The van der Waals surface area contributed by atoms with Crippen LogP contribution in [0, 0.1) is 17.3 Å². The van der Waals surface area contributed by atoms with E-state index in [1.54, 1.807) is 11.1 Å². The molecule has 3 unspecified atom stereocenters. The van der Waals surface area contributed by atoms with E-state index in [1.807, 2.05) is 6.92 Å². The van der Waals surface area contributed by atoms with Gasteiger partial charge in [0.15, 0.2) is 0 Å². The second-order valence-corrected chi connectivity index (χ2v) is 7.02. The molecular formula is C18H26O. The summed E-state index contributed by atoms with van der Waals surface area (Å²) in [5, 5.41) is 10.2. The van der Waals surface area contributed by atoms with Crippen LogP contribution in [0.5, 0.6) is 0 Å². The van der Waals surface area contributed by atoms with Crippen molar-refractivity contribution in [1.29, 1.82) is 0 Å². The van der Waals surface area contributed by atoms with Crippen LogP contribution in [0.4, 0.5) is 0 Å². The molecule has 1 N–H and O–H groups in total. The van der Waals surface area contributed by atoms with Gasteiger partial charge >= 0.3 is 0 Å². The third-order valence-electron chi connectivity index (χ3n) is 6.35. The van der Waals surface area contributed by atoms with Crippen LogP contribution in [0.15, 0.2) is 24.3 Å². The van der Waals surface area contributed by atoms with Crippen LogP contribution in [0.2, 0.25) is 0 Å². The maximum absolute atomic E-state index is 10.2. The molecule has 0 aromatic heterocycles. The van der Waals surface area contributed by atoms with Crippen molar-refractivity contribution in [2.24, 2.45) is 17.3 Å². The van der Waals surface area contributed by atoms with E-state index in [0.29, 0.717) is 5.92 Å². The Labute approximate surface area is 117 Å². The maximum atomic E-state index is 10.2. The lowest BCUT2D eigenvalue weighted by Crippen LogP contribution is -2.46. The molecule has 1 aromatic rings. The summed E-state index contributed by atoms with van der Waals surface area (Å²) >= 11 is 0. The van der Waals surface area contributed by atoms with E-state index in [9.17, 15) is 5.11 Å². The van der Waals surface area contributed by atoms with Gasteiger partial charge in [0.05, 0.1) is 6.10 Å². The predicted molar refractivity (Wildman–Crippen MR) is 79.2 cm³/mol. The zero-order valence-corrected chi connectivity index (χ0v) is 12.4. The van der Waals surface area contributed by atoms with E-state index < -0.39 is 0 Å². The van der Waals surface area contributed by atoms with Gasteiger partial charge in [-0.15, -0.1) is 0 Å². The SMILES string of the molecule is CC1C2CCc3ccccc3C2CC[C@]1(C)[C@H](C)O. The van der Waals surface area contributed by atoms with Gasteiger partial charge in [0.25, 0.3) is 0 Å². The first-order valence-corrected chi connectivity index (χ1v) is 7.80. The van der Waals surface area contributed by atoms with E-state index in [2.05, 4.69) is 38.1 Å². The Morgan fingerprint density at radius 1 is 1.26 bits per heavy atom. The van der Waals surface area contributed by atoms with E-state index in [1.165, 1.54) is 19.3 Å². The topological polar surface area (TPSA) is 20.2 Å². The highest BCUT2D eigenvalue weighted by Gasteiger charge is 2.47. The van der Waals surface area contributed by atoms with Crippen LogP contribution in [0.3, 0.4) is 0 Å². The summed E-state index contributed by atoms with van der Waals surface area (Å²) in [6.45, 7) is 6.64. The molecule has 0 amide bonds. The average molecular weight is 258 g/mol. The molecule has 0 aliphatic heterocycles. The smallest absolute Gasteiger partial charge is 0.0568 e. The molecule has 0 spiro atoms. The van der Waals surface area contributed by atoms with Crippen molar-refractivity contribution in [1.82, 2.24) is 0 Å². The molecule has 1 aromatic carbocycles. The molecule has 2 aliphatic rings. The van der Waals surface area contributed by atoms with Gasteiger partial charge in [0.2, 0.25) is 0 Å². The fourth-order valence-electron chi connectivity index (χ4n) is 4.62. The zero-order valence-electron chi connectivity index (χ0n) is 12.4. The van der Waals surface area contributed by atoms with Gasteiger partial charge in [-0.3, -0.25) is 0 Å². The van der Waals surface area contributed by atoms with Gasteiger partial charge in [0.1, 0.15) is 0 Å². The third kappa shape index (κ3) is 1.94. The minimum Gasteiger partial charge on any atom is -0.393 e. The largest absolute Gasteiger partial charge is 0.393 e. The van der Waals surface area contributed by atoms with Gasteiger partial charge in [-0.05, 0) is 66.9 Å². The summed E-state index contributed by atoms with van der Waals surface area (Å²) in [6, 6.07) is 9.00. The summed E-state index contributed by atoms with van der Waals surface area (Å²) in [5.41, 5.74) is 3.27. The monoisotopic (exact) mass is 258 g/mol. The van der Waals surface area contributed by atoms with E-state index in [4.69, 9.17) is 0 Å². The molecule has 0 radical (unpaired) electrons. The fraction of sp³-hybridized carbons (Fsp3) is 0.667. The number of hydrogen-bond acceptors (Lipinski definition) is 1. The minimum absolute atomic E-state index is 0.105. The van der Waals surface area contributed by atoms with Gasteiger partial charge in [-0.2, -0.15) is 0 Å². The molecule has 1 nitrogen and oxygen atoms in total. The van der Waals surface area contributed by atoms with Crippen molar-refractivity contribution in [2.75, 3.05) is 0 Å². The van der Waals surface area contributed by atoms with Crippen molar-refractivity contribution in [3.05, 3.63) is 35.4 Å². The average Bonchev–Trinajstić information content (AvgIpc) is 2.42. The molecule has 104 valence electrons. The number of hydrogen-bond donors (Lipinski definition) is 1. The minimum atomic E-state index is -0.194. The second kappa shape index (κ2) is 4.63. The van der Waals surface area contributed by atoms with E-state index in [-0.39, 0.29) is 11.5 Å². The molecule has 1 fully saturated rings. The number of aliphatic hydroxyl groups excluding tert-OH is 1. The number of benzene rings is 1. The van der Waals surface area contributed by atoms with Crippen molar-refractivity contribution < 1.29 is 5.11 Å². The summed E-state index contributed by atoms with van der Waals surface area (Å²) in [6.07, 6.45) is 4.72. The first-order chi connectivity index (χ1) is 9.04. The normalized spacial score (nSPS) is 39.3. The number of aryl methyl sites for hydroxylation is 1. The van der Waals surface area contributed by atoms with Crippen LogP contribution in [0.1, 0.15) is 57.1 Å². The quantitative estimate of drug-likeness (QED) is 0.802. The third-order valence-corrected chi connectivity index (χ3v) is 6.35. The van der Waals surface area contributed by atoms with E-state index in [0.717, 1.165) is 18.3 Å². The zero-order chi connectivity index (χ0) is 13.6. The van der Waals surface area contributed by atoms with Crippen molar-refractivity contribution >= 4 is 0 Å². The number of fused-ring (bicyclic) bond motifs is 3. The molecule has 0 saturated heterocycles. The highest BCUT2D eigenvalue weighted by Crippen LogP contribution is 2.55. The van der Waals surface area contributed by atoms with Gasteiger partial charge in [-0.25, -0.2) is 0 Å². The Morgan fingerprint density at radius 3 is 2.74 bits per heavy atom. The first kappa shape index (κ1) is 13.2. The molecule has 5 atom stereocenters. The Balaban J connectivity index is 1.93. The number of aliphatic hydroxyl groups is 1. The number of rotatable bonds is 1. The molecule has 1 saturated carbocycles. The van der Waals surface area contributed by atoms with Gasteiger partial charge in [0, 0.05) is 0 Å². The molecule has 0 heterocycles. The lowest BCUT2D eigenvalue weighted by atomic mass is 9.54. The second-order valence-electron chi connectivity index (χ2n) is 7.02. The lowest BCUT2D eigenvalue weighted by molar-refractivity contribution is -0.0520. The predicted octanol–water partition coefficient (Wildman–Crippen LogP) is 4.15. The summed E-state index contributed by atoms with van der Waals surface area (Å²) in [4.78, 5) is 0. The van der Waals surface area contributed by atoms with Crippen LogP contribution in [-0.2, 0) is 6.42 Å². The summed E-state index contributed by atoms with van der Waals surface area (Å²) in [5.74, 6) is 2.09. The Bertz CT molecular complexity index is 465. The molecule has 0 bridgehead atoms. The van der Waals surface area contributed by atoms with Gasteiger partial charge < -0.3 is 5.11 Å². The highest BCUT2D eigenvalue weighted by atomic mass is 16.3. The highest BCUT2D eigenvalue weighted by molar-refractivity contribution is 5.34. The fourth-order valence-corrected chi connectivity index (χ4v) is 4.62. The Morgan fingerprint density at radius 2 is 2.00 bits per heavy atom. The molecule has 19 heavy (non-hydrogen) atoms. The molecule has 1 heteroatoms. The standard InChI is InChI=1S/C18H26O/c1-12-15-9-8-14-6-4-5-7-16(14)17(15)10-11-18(12,3)13(2)19/h4-7,12-13,15,17,19H,8-11H2,1-3H3/t12?,13-,15?,17?,18-/m0/s1. The van der Waals surface area contributed by atoms with Crippen LogP contribution < -0.4 is 0 Å². The molecular weight excluding hydrogens is 232 g/mol. The maximum Gasteiger partial charge on any atom is 0.0568 e. The molecule has 2 aliphatic carbocycles. The van der Waals surface area contributed by atoms with E-state index >= 15 is 0 Å². The van der Waals surface area contributed by atoms with Crippen LogP contribution in [0.25, 0.3) is 0 Å². The van der Waals surface area contributed by atoms with Crippen molar-refractivity contribution in [3.63, 3.8) is 0 Å². The summed E-state index contributed by atoms with van der Waals surface area (Å²) < 4.78 is 0. The lowest BCUT2D eigenvalue weighted by Gasteiger charge is -2.52. The van der Waals surface area contributed by atoms with Crippen LogP contribution >= 0.6 is 0 Å². The Hall–Kier alpha value is -0.820. The van der Waals surface area contributed by atoms with Gasteiger partial charge in [-0.1, -0.05) is 38.1 Å². The van der Waals surface area contributed by atoms with Crippen LogP contribution in [-0.4, -0.2) is 11.2 Å². The Kier molecular flexibility index (Phi) is 3.21. The first-order valence-electron chi connectivity index (χ1n) is 7.80.